The van der Waals surface area contributed by atoms with Crippen LogP contribution in [0, 0.1) is 12.8 Å². The predicted octanol–water partition coefficient (Wildman–Crippen LogP) is 2.26. The SMILES string of the molecule is Cc1ncc(CO)c(CN[C@@H](C)C2CCCC2)c1O. The van der Waals surface area contributed by atoms with Crippen molar-refractivity contribution < 1.29 is 10.2 Å². The molecule has 1 aliphatic rings. The van der Waals surface area contributed by atoms with Crippen molar-refractivity contribution in [3.05, 3.63) is 23.0 Å². The van der Waals surface area contributed by atoms with Crippen molar-refractivity contribution in [2.24, 2.45) is 5.92 Å². The fraction of sp³-hybridized carbons (Fsp3) is 0.667. The van der Waals surface area contributed by atoms with Gasteiger partial charge in [-0.2, -0.15) is 0 Å². The molecule has 0 bridgehead atoms. The van der Waals surface area contributed by atoms with Gasteiger partial charge in [-0.25, -0.2) is 0 Å². The molecule has 1 atom stereocenters. The number of nitrogens with zero attached hydrogens (tertiary/aromatic N) is 1. The second-order valence-corrected chi connectivity index (χ2v) is 5.57. The molecule has 1 aromatic heterocycles. The predicted molar refractivity (Wildman–Crippen MR) is 74.8 cm³/mol. The number of aliphatic hydroxyl groups is 1. The Morgan fingerprint density at radius 2 is 2.11 bits per heavy atom. The van der Waals surface area contributed by atoms with Gasteiger partial charge in [-0.15, -0.1) is 0 Å². The number of hydrogen-bond acceptors (Lipinski definition) is 4. The third-order valence-corrected chi connectivity index (χ3v) is 4.31. The van der Waals surface area contributed by atoms with Gasteiger partial charge >= 0.3 is 0 Å². The highest BCUT2D eigenvalue weighted by atomic mass is 16.3. The summed E-state index contributed by atoms with van der Waals surface area (Å²) in [5.74, 6) is 0.945. The van der Waals surface area contributed by atoms with Crippen molar-refractivity contribution in [1.29, 1.82) is 0 Å². The molecule has 1 fully saturated rings. The van der Waals surface area contributed by atoms with Gasteiger partial charge in [-0.1, -0.05) is 12.8 Å². The van der Waals surface area contributed by atoms with Crippen LogP contribution in [-0.4, -0.2) is 21.2 Å². The molecule has 0 unspecified atom stereocenters. The molecule has 0 amide bonds. The fourth-order valence-electron chi connectivity index (χ4n) is 2.90. The van der Waals surface area contributed by atoms with E-state index in [1.807, 2.05) is 0 Å². The van der Waals surface area contributed by atoms with Crippen LogP contribution in [0.3, 0.4) is 0 Å². The Morgan fingerprint density at radius 3 is 2.74 bits per heavy atom. The van der Waals surface area contributed by atoms with Gasteiger partial charge in [0.25, 0.3) is 0 Å². The van der Waals surface area contributed by atoms with E-state index in [1.54, 1.807) is 13.1 Å². The normalized spacial score (nSPS) is 17.8. The molecule has 19 heavy (non-hydrogen) atoms. The van der Waals surface area contributed by atoms with Crippen molar-refractivity contribution in [3.63, 3.8) is 0 Å². The molecular formula is C15H24N2O2. The molecule has 2 rings (SSSR count). The molecule has 4 heteroatoms. The summed E-state index contributed by atoms with van der Waals surface area (Å²) in [6.45, 7) is 4.48. The van der Waals surface area contributed by atoms with Crippen LogP contribution < -0.4 is 5.32 Å². The van der Waals surface area contributed by atoms with Gasteiger partial charge in [0.05, 0.1) is 12.3 Å². The van der Waals surface area contributed by atoms with Gasteiger partial charge in [0.1, 0.15) is 5.75 Å². The number of hydrogen-bond donors (Lipinski definition) is 3. The van der Waals surface area contributed by atoms with E-state index in [0.717, 1.165) is 11.5 Å². The summed E-state index contributed by atoms with van der Waals surface area (Å²) in [5, 5.41) is 22.9. The zero-order chi connectivity index (χ0) is 13.8. The van der Waals surface area contributed by atoms with Crippen LogP contribution in [0.25, 0.3) is 0 Å². The summed E-state index contributed by atoms with van der Waals surface area (Å²) in [6.07, 6.45) is 6.90. The average Bonchev–Trinajstić information content (AvgIpc) is 2.94. The van der Waals surface area contributed by atoms with E-state index in [2.05, 4.69) is 17.2 Å². The van der Waals surface area contributed by atoms with E-state index in [4.69, 9.17) is 0 Å². The number of aryl methyl sites for hydroxylation is 1. The zero-order valence-corrected chi connectivity index (χ0v) is 11.8. The summed E-state index contributed by atoms with van der Waals surface area (Å²) >= 11 is 0. The molecular weight excluding hydrogens is 240 g/mol. The average molecular weight is 264 g/mol. The lowest BCUT2D eigenvalue weighted by atomic mass is 9.99. The summed E-state index contributed by atoms with van der Waals surface area (Å²) in [6, 6.07) is 0.446. The molecule has 0 aliphatic heterocycles. The molecule has 1 aliphatic carbocycles. The molecule has 0 aromatic carbocycles. The summed E-state index contributed by atoms with van der Waals surface area (Å²) < 4.78 is 0. The van der Waals surface area contributed by atoms with E-state index in [0.29, 0.717) is 23.8 Å². The van der Waals surface area contributed by atoms with E-state index < -0.39 is 0 Å². The van der Waals surface area contributed by atoms with Crippen LogP contribution >= 0.6 is 0 Å². The summed E-state index contributed by atoms with van der Waals surface area (Å²) in [4.78, 5) is 4.08. The summed E-state index contributed by atoms with van der Waals surface area (Å²) in [7, 11) is 0. The van der Waals surface area contributed by atoms with Crippen LogP contribution in [0.1, 0.15) is 49.4 Å². The number of rotatable bonds is 5. The summed E-state index contributed by atoms with van der Waals surface area (Å²) in [5.41, 5.74) is 2.09. The van der Waals surface area contributed by atoms with Gasteiger partial charge in [0.15, 0.2) is 0 Å². The Morgan fingerprint density at radius 1 is 1.42 bits per heavy atom. The third kappa shape index (κ3) is 3.25. The van der Waals surface area contributed by atoms with Crippen LogP contribution in [0.2, 0.25) is 0 Å². The third-order valence-electron chi connectivity index (χ3n) is 4.31. The minimum Gasteiger partial charge on any atom is -0.506 e. The number of nitrogens with one attached hydrogen (secondary N) is 1. The minimum atomic E-state index is -0.0876. The molecule has 1 saturated carbocycles. The largest absolute Gasteiger partial charge is 0.506 e. The molecule has 1 aromatic rings. The van der Waals surface area contributed by atoms with E-state index in [-0.39, 0.29) is 12.4 Å². The molecule has 4 nitrogen and oxygen atoms in total. The molecule has 106 valence electrons. The number of aromatic hydroxyl groups is 1. The van der Waals surface area contributed by atoms with Crippen LogP contribution in [-0.2, 0) is 13.2 Å². The lowest BCUT2D eigenvalue weighted by Gasteiger charge is -2.21. The van der Waals surface area contributed by atoms with E-state index >= 15 is 0 Å². The molecule has 3 N–H and O–H groups in total. The minimum absolute atomic E-state index is 0.0876. The maximum Gasteiger partial charge on any atom is 0.141 e. The van der Waals surface area contributed by atoms with Gasteiger partial charge in [0.2, 0.25) is 0 Å². The Bertz CT molecular complexity index is 428. The molecule has 0 radical (unpaired) electrons. The smallest absolute Gasteiger partial charge is 0.141 e. The lowest BCUT2D eigenvalue weighted by Crippen LogP contribution is -2.32. The van der Waals surface area contributed by atoms with Crippen molar-refractivity contribution in [3.8, 4) is 5.75 Å². The maximum atomic E-state index is 10.1. The van der Waals surface area contributed by atoms with E-state index in [1.165, 1.54) is 25.7 Å². The van der Waals surface area contributed by atoms with Gasteiger partial charge in [0, 0.05) is 29.9 Å². The maximum absolute atomic E-state index is 10.1. The Hall–Kier alpha value is -1.13. The zero-order valence-electron chi connectivity index (χ0n) is 11.8. The van der Waals surface area contributed by atoms with Gasteiger partial charge < -0.3 is 15.5 Å². The standard InChI is InChI=1S/C15H24N2O2/c1-10(12-5-3-4-6-12)17-8-14-13(9-18)7-16-11(2)15(14)19/h7,10,12,17-19H,3-6,8-9H2,1-2H3/t10-/m0/s1. The Labute approximate surface area is 114 Å². The van der Waals surface area contributed by atoms with Crippen LogP contribution in [0.5, 0.6) is 5.75 Å². The van der Waals surface area contributed by atoms with Crippen molar-refractivity contribution in [2.75, 3.05) is 0 Å². The van der Waals surface area contributed by atoms with Crippen LogP contribution in [0.15, 0.2) is 6.20 Å². The topological polar surface area (TPSA) is 65.4 Å². The van der Waals surface area contributed by atoms with Crippen molar-refractivity contribution >= 4 is 0 Å². The highest BCUT2D eigenvalue weighted by molar-refractivity contribution is 5.40. The second-order valence-electron chi connectivity index (χ2n) is 5.57. The van der Waals surface area contributed by atoms with Gasteiger partial charge in [-0.3, -0.25) is 4.98 Å². The quantitative estimate of drug-likeness (QED) is 0.763. The first-order chi connectivity index (χ1) is 9.13. The first-order valence-electron chi connectivity index (χ1n) is 7.14. The molecule has 1 heterocycles. The lowest BCUT2D eigenvalue weighted by molar-refractivity contribution is 0.277. The first-order valence-corrected chi connectivity index (χ1v) is 7.14. The second kappa shape index (κ2) is 6.35. The van der Waals surface area contributed by atoms with E-state index in [9.17, 15) is 10.2 Å². The molecule has 0 spiro atoms. The number of pyridine rings is 1. The highest BCUT2D eigenvalue weighted by Crippen LogP contribution is 2.28. The Balaban J connectivity index is 2.03. The fourth-order valence-corrected chi connectivity index (χ4v) is 2.90. The monoisotopic (exact) mass is 264 g/mol. The highest BCUT2D eigenvalue weighted by Gasteiger charge is 2.21. The Kier molecular flexibility index (Phi) is 4.77. The van der Waals surface area contributed by atoms with Crippen LogP contribution in [0.4, 0.5) is 0 Å². The number of aromatic nitrogens is 1. The molecule has 0 saturated heterocycles. The number of aliphatic hydroxyl groups excluding tert-OH is 1. The van der Waals surface area contributed by atoms with Crippen molar-refractivity contribution in [1.82, 2.24) is 10.3 Å². The van der Waals surface area contributed by atoms with Gasteiger partial charge in [-0.05, 0) is 32.6 Å². The first kappa shape index (κ1) is 14.3. The van der Waals surface area contributed by atoms with Crippen molar-refractivity contribution in [2.45, 2.75) is 58.7 Å².